The van der Waals surface area contributed by atoms with Gasteiger partial charge in [0.2, 0.25) is 5.91 Å². The molecule has 6 nitrogen and oxygen atoms in total. The Bertz CT molecular complexity index is 1110. The highest BCUT2D eigenvalue weighted by Gasteiger charge is 2.21. The predicted molar refractivity (Wildman–Crippen MR) is 122 cm³/mol. The monoisotopic (exact) mass is 496 g/mol. The summed E-state index contributed by atoms with van der Waals surface area (Å²) >= 11 is 13.0. The molecule has 0 N–H and O–H groups in total. The van der Waals surface area contributed by atoms with E-state index >= 15 is 0 Å². The Balaban J connectivity index is 1.48. The van der Waals surface area contributed by atoms with Gasteiger partial charge in [-0.15, -0.1) is 11.3 Å². The van der Waals surface area contributed by atoms with E-state index in [9.17, 15) is 14.0 Å². The SMILES string of the molecule is CC(=O)N(c1nc(COC(=O)CCCOc2ccc(Cl)cc2Cl)cs1)c1ccccc1F. The lowest BCUT2D eigenvalue weighted by Gasteiger charge is -2.18. The maximum absolute atomic E-state index is 14.1. The number of carbonyl (C=O) groups is 2. The van der Waals surface area contributed by atoms with Gasteiger partial charge in [-0.25, -0.2) is 9.37 Å². The highest BCUT2D eigenvalue weighted by Crippen LogP contribution is 2.31. The third kappa shape index (κ3) is 6.41. The first-order chi connectivity index (χ1) is 15.3. The Hall–Kier alpha value is -2.68. The number of thiazole rings is 1. The van der Waals surface area contributed by atoms with Crippen molar-refractivity contribution in [2.75, 3.05) is 11.5 Å². The van der Waals surface area contributed by atoms with E-state index in [-0.39, 0.29) is 31.2 Å². The molecule has 0 aliphatic heterocycles. The van der Waals surface area contributed by atoms with Crippen molar-refractivity contribution in [2.24, 2.45) is 0 Å². The third-order valence-corrected chi connectivity index (χ3v) is 5.60. The molecule has 0 saturated heterocycles. The number of nitrogens with zero attached hydrogens (tertiary/aromatic N) is 2. The number of aromatic nitrogens is 1. The largest absolute Gasteiger partial charge is 0.492 e. The molecule has 0 unspecified atom stereocenters. The smallest absolute Gasteiger partial charge is 0.306 e. The summed E-state index contributed by atoms with van der Waals surface area (Å²) in [6.45, 7) is 1.56. The van der Waals surface area contributed by atoms with Crippen molar-refractivity contribution >= 4 is 57.2 Å². The van der Waals surface area contributed by atoms with E-state index < -0.39 is 11.8 Å². The average molecular weight is 497 g/mol. The van der Waals surface area contributed by atoms with Crippen molar-refractivity contribution in [2.45, 2.75) is 26.4 Å². The number of benzene rings is 2. The van der Waals surface area contributed by atoms with Crippen LogP contribution >= 0.6 is 34.5 Å². The number of halogens is 3. The van der Waals surface area contributed by atoms with Crippen LogP contribution in [0.4, 0.5) is 15.2 Å². The fourth-order valence-electron chi connectivity index (χ4n) is 2.72. The molecule has 0 spiro atoms. The molecule has 1 heterocycles. The van der Waals surface area contributed by atoms with Gasteiger partial charge in [-0.1, -0.05) is 35.3 Å². The molecule has 0 aliphatic rings. The van der Waals surface area contributed by atoms with Crippen LogP contribution < -0.4 is 9.64 Å². The van der Waals surface area contributed by atoms with E-state index in [4.69, 9.17) is 32.7 Å². The summed E-state index contributed by atoms with van der Waals surface area (Å²) in [5.74, 6) is -0.839. The topological polar surface area (TPSA) is 68.7 Å². The van der Waals surface area contributed by atoms with Crippen LogP contribution in [0.15, 0.2) is 47.8 Å². The summed E-state index contributed by atoms with van der Waals surface area (Å²) < 4.78 is 24.9. The molecule has 1 amide bonds. The average Bonchev–Trinajstić information content (AvgIpc) is 3.21. The number of rotatable bonds is 9. The highest BCUT2D eigenvalue weighted by molar-refractivity contribution is 7.14. The maximum atomic E-state index is 14.1. The van der Waals surface area contributed by atoms with Crippen LogP contribution in [0, 0.1) is 5.82 Å². The van der Waals surface area contributed by atoms with Gasteiger partial charge in [-0.2, -0.15) is 0 Å². The molecule has 3 aromatic rings. The summed E-state index contributed by atoms with van der Waals surface area (Å²) in [7, 11) is 0. The van der Waals surface area contributed by atoms with Crippen molar-refractivity contribution in [3.8, 4) is 5.75 Å². The van der Waals surface area contributed by atoms with Crippen molar-refractivity contribution in [3.05, 3.63) is 69.4 Å². The molecule has 10 heteroatoms. The molecule has 1 aromatic heterocycles. The van der Waals surface area contributed by atoms with Crippen molar-refractivity contribution in [1.82, 2.24) is 4.98 Å². The second-order valence-electron chi connectivity index (χ2n) is 6.61. The lowest BCUT2D eigenvalue weighted by atomic mass is 10.3. The number of para-hydroxylation sites is 1. The molecule has 0 atom stereocenters. The standard InChI is InChI=1S/C22H19Cl2FN2O4S/c1-14(28)27(19-6-3-2-5-18(19)25)22-26-16(13-32-22)12-31-21(29)7-4-10-30-20-9-8-15(23)11-17(20)24/h2-3,5-6,8-9,11,13H,4,7,10,12H2,1H3. The molecule has 0 saturated carbocycles. The molecule has 0 radical (unpaired) electrons. The predicted octanol–water partition coefficient (Wildman–Crippen LogP) is 6.18. The molecular formula is C22H19Cl2FN2O4S. The van der Waals surface area contributed by atoms with E-state index in [0.29, 0.717) is 33.0 Å². The summed E-state index contributed by atoms with van der Waals surface area (Å²) in [5.41, 5.74) is 0.573. The second-order valence-corrected chi connectivity index (χ2v) is 8.29. The normalized spacial score (nSPS) is 10.6. The number of anilines is 2. The quantitative estimate of drug-likeness (QED) is 0.261. The van der Waals surface area contributed by atoms with Crippen molar-refractivity contribution < 1.29 is 23.5 Å². The van der Waals surface area contributed by atoms with Gasteiger partial charge >= 0.3 is 5.97 Å². The summed E-state index contributed by atoms with van der Waals surface area (Å²) in [6, 6.07) is 10.8. The minimum absolute atomic E-state index is 0.0534. The highest BCUT2D eigenvalue weighted by atomic mass is 35.5. The van der Waals surface area contributed by atoms with Crippen LogP contribution in [0.25, 0.3) is 0 Å². The molecule has 0 fully saturated rings. The van der Waals surface area contributed by atoms with Gasteiger partial charge in [0.1, 0.15) is 18.2 Å². The molecule has 2 aromatic carbocycles. The number of hydrogen-bond donors (Lipinski definition) is 0. The number of ether oxygens (including phenoxy) is 2. The minimum Gasteiger partial charge on any atom is -0.492 e. The van der Waals surface area contributed by atoms with Gasteiger partial charge in [-0.05, 0) is 36.8 Å². The summed E-state index contributed by atoms with van der Waals surface area (Å²) in [4.78, 5) is 29.6. The van der Waals surface area contributed by atoms with Crippen molar-refractivity contribution in [1.29, 1.82) is 0 Å². The van der Waals surface area contributed by atoms with Gasteiger partial charge < -0.3 is 9.47 Å². The third-order valence-electron chi connectivity index (χ3n) is 4.20. The molecule has 3 rings (SSSR count). The van der Waals surface area contributed by atoms with Crippen LogP contribution in [0.2, 0.25) is 10.0 Å². The van der Waals surface area contributed by atoms with Crippen LogP contribution in [0.3, 0.4) is 0 Å². The lowest BCUT2D eigenvalue weighted by molar-refractivity contribution is -0.145. The Labute approximate surface area is 198 Å². The van der Waals surface area contributed by atoms with E-state index in [1.54, 1.807) is 35.7 Å². The number of hydrogen-bond acceptors (Lipinski definition) is 6. The Morgan fingerprint density at radius 2 is 1.97 bits per heavy atom. The number of carbonyl (C=O) groups excluding carboxylic acids is 2. The second kappa shape index (κ2) is 11.3. The fourth-order valence-corrected chi connectivity index (χ4v) is 4.05. The molecule has 32 heavy (non-hydrogen) atoms. The van der Waals surface area contributed by atoms with Crippen LogP contribution in [0.1, 0.15) is 25.5 Å². The zero-order valence-corrected chi connectivity index (χ0v) is 19.3. The molecule has 0 bridgehead atoms. The van der Waals surface area contributed by atoms with E-state index in [0.717, 1.165) is 11.3 Å². The first-order valence-corrected chi connectivity index (χ1v) is 11.2. The van der Waals surface area contributed by atoms with E-state index in [1.807, 2.05) is 0 Å². The first kappa shape index (κ1) is 24.0. The molecule has 0 aliphatic carbocycles. The molecule has 168 valence electrons. The zero-order valence-electron chi connectivity index (χ0n) is 17.0. The fraction of sp³-hybridized carbons (Fsp3) is 0.227. The van der Waals surface area contributed by atoms with Crippen LogP contribution in [-0.4, -0.2) is 23.5 Å². The Kier molecular flexibility index (Phi) is 8.44. The summed E-state index contributed by atoms with van der Waals surface area (Å²) in [6.07, 6.45) is 0.586. The zero-order chi connectivity index (χ0) is 23.1. The van der Waals surface area contributed by atoms with Crippen LogP contribution in [-0.2, 0) is 20.9 Å². The van der Waals surface area contributed by atoms with Gasteiger partial charge in [0.25, 0.3) is 0 Å². The molecular weight excluding hydrogens is 478 g/mol. The van der Waals surface area contributed by atoms with Gasteiger partial charge in [0, 0.05) is 23.7 Å². The lowest BCUT2D eigenvalue weighted by Crippen LogP contribution is -2.23. The maximum Gasteiger partial charge on any atom is 0.306 e. The number of esters is 1. The van der Waals surface area contributed by atoms with Gasteiger partial charge in [0.15, 0.2) is 5.13 Å². The van der Waals surface area contributed by atoms with Crippen LogP contribution in [0.5, 0.6) is 5.75 Å². The van der Waals surface area contributed by atoms with Gasteiger partial charge in [-0.3, -0.25) is 14.5 Å². The van der Waals surface area contributed by atoms with Gasteiger partial charge in [0.05, 0.1) is 23.0 Å². The minimum atomic E-state index is -0.534. The van der Waals surface area contributed by atoms with Crippen molar-refractivity contribution in [3.63, 3.8) is 0 Å². The van der Waals surface area contributed by atoms with E-state index in [1.165, 1.54) is 24.0 Å². The Morgan fingerprint density at radius 3 is 2.69 bits per heavy atom. The Morgan fingerprint density at radius 1 is 1.19 bits per heavy atom. The number of amides is 1. The van der Waals surface area contributed by atoms with E-state index in [2.05, 4.69) is 4.98 Å². The summed E-state index contributed by atoms with van der Waals surface area (Å²) in [5, 5.41) is 2.86. The first-order valence-electron chi connectivity index (χ1n) is 9.58.